The van der Waals surface area contributed by atoms with Crippen LogP contribution in [0.15, 0.2) is 24.3 Å². The summed E-state index contributed by atoms with van der Waals surface area (Å²) in [5.41, 5.74) is 7.34. The minimum atomic E-state index is -0.137. The van der Waals surface area contributed by atoms with Crippen LogP contribution in [0.5, 0.6) is 11.5 Å². The van der Waals surface area contributed by atoms with E-state index < -0.39 is 0 Å². The Bertz CT molecular complexity index is 771. The first-order valence-corrected chi connectivity index (χ1v) is 8.98. The first-order chi connectivity index (χ1) is 12.2. The van der Waals surface area contributed by atoms with Gasteiger partial charge in [-0.05, 0) is 23.3 Å². The summed E-state index contributed by atoms with van der Waals surface area (Å²) < 4.78 is 11.5. The van der Waals surface area contributed by atoms with Gasteiger partial charge in [0.1, 0.15) is 11.5 Å². The van der Waals surface area contributed by atoms with E-state index in [0.29, 0.717) is 0 Å². The van der Waals surface area contributed by atoms with Gasteiger partial charge in [-0.15, -0.1) is 0 Å². The number of benzene rings is 2. The van der Waals surface area contributed by atoms with E-state index in [-0.39, 0.29) is 5.41 Å². The average Bonchev–Trinajstić information content (AvgIpc) is 2.60. The molecule has 1 aliphatic carbocycles. The van der Waals surface area contributed by atoms with Gasteiger partial charge in [-0.1, -0.05) is 13.8 Å². The summed E-state index contributed by atoms with van der Waals surface area (Å²) in [5, 5.41) is 0. The van der Waals surface area contributed by atoms with E-state index in [2.05, 4.69) is 76.1 Å². The van der Waals surface area contributed by atoms with E-state index in [1.54, 1.807) is 14.2 Å². The quantitative estimate of drug-likeness (QED) is 0.826. The van der Waals surface area contributed by atoms with Crippen LogP contribution in [-0.4, -0.2) is 42.4 Å². The van der Waals surface area contributed by atoms with E-state index in [1.165, 1.54) is 22.3 Å². The van der Waals surface area contributed by atoms with Gasteiger partial charge in [0, 0.05) is 74.7 Å². The van der Waals surface area contributed by atoms with Crippen LogP contribution in [0.3, 0.4) is 0 Å². The summed E-state index contributed by atoms with van der Waals surface area (Å²) >= 11 is 0. The number of rotatable bonds is 4. The molecule has 2 aromatic carbocycles. The largest absolute Gasteiger partial charge is 0.496 e. The molecule has 0 fully saturated rings. The smallest absolute Gasteiger partial charge is 0.124 e. The molecule has 0 saturated carbocycles. The molecule has 0 bridgehead atoms. The molecule has 0 aromatic heterocycles. The second-order valence-corrected chi connectivity index (χ2v) is 7.94. The topological polar surface area (TPSA) is 24.9 Å². The van der Waals surface area contributed by atoms with Crippen molar-refractivity contribution in [3.05, 3.63) is 46.5 Å². The third-order valence-corrected chi connectivity index (χ3v) is 5.56. The summed E-state index contributed by atoms with van der Waals surface area (Å²) in [6, 6.07) is 8.85. The number of hydrogen-bond acceptors (Lipinski definition) is 4. The normalized spacial score (nSPS) is 14.3. The molecule has 0 aliphatic heterocycles. The molecule has 0 radical (unpaired) electrons. The lowest BCUT2D eigenvalue weighted by molar-refractivity contribution is 0.399. The summed E-state index contributed by atoms with van der Waals surface area (Å²) in [6.07, 6.45) is 0.821. The fraction of sp³-hybridized carbons (Fsp3) is 0.455. The van der Waals surface area contributed by atoms with Crippen molar-refractivity contribution in [2.24, 2.45) is 0 Å². The maximum Gasteiger partial charge on any atom is 0.124 e. The summed E-state index contributed by atoms with van der Waals surface area (Å²) in [5.74, 6) is 1.90. The predicted molar refractivity (Wildman–Crippen MR) is 110 cm³/mol. The molecule has 0 amide bonds. The minimum Gasteiger partial charge on any atom is -0.496 e. The Kier molecular flexibility index (Phi) is 4.55. The Labute approximate surface area is 157 Å². The highest BCUT2D eigenvalue weighted by atomic mass is 16.5. The zero-order valence-corrected chi connectivity index (χ0v) is 17.2. The van der Waals surface area contributed by atoms with E-state index in [4.69, 9.17) is 9.47 Å². The number of anilines is 2. The van der Waals surface area contributed by atoms with Crippen molar-refractivity contribution < 1.29 is 9.47 Å². The molecule has 3 rings (SSSR count). The first kappa shape index (κ1) is 18.4. The van der Waals surface area contributed by atoms with Gasteiger partial charge in [0.15, 0.2) is 0 Å². The molecule has 0 unspecified atom stereocenters. The Morgan fingerprint density at radius 2 is 1.12 bits per heavy atom. The fourth-order valence-corrected chi connectivity index (χ4v) is 3.94. The monoisotopic (exact) mass is 354 g/mol. The summed E-state index contributed by atoms with van der Waals surface area (Å²) in [4.78, 5) is 4.26. The lowest BCUT2D eigenvalue weighted by atomic mass is 9.68. The number of methoxy groups -OCH3 is 2. The first-order valence-electron chi connectivity index (χ1n) is 8.98. The van der Waals surface area contributed by atoms with Crippen molar-refractivity contribution in [3.8, 4) is 11.5 Å². The van der Waals surface area contributed by atoms with Crippen molar-refractivity contribution in [1.29, 1.82) is 0 Å². The second-order valence-electron chi connectivity index (χ2n) is 7.94. The molecule has 0 atom stereocenters. The van der Waals surface area contributed by atoms with E-state index in [1.807, 2.05) is 0 Å². The van der Waals surface area contributed by atoms with Crippen LogP contribution in [0.2, 0.25) is 0 Å². The molecule has 4 heteroatoms. The fourth-order valence-electron chi connectivity index (χ4n) is 3.94. The lowest BCUT2D eigenvalue weighted by Gasteiger charge is -2.38. The van der Waals surface area contributed by atoms with Crippen LogP contribution in [0, 0.1) is 0 Å². The lowest BCUT2D eigenvalue weighted by Crippen LogP contribution is -2.29. The molecule has 4 nitrogen and oxygen atoms in total. The zero-order valence-electron chi connectivity index (χ0n) is 17.2. The number of ether oxygens (including phenoxy) is 2. The van der Waals surface area contributed by atoms with E-state index in [9.17, 15) is 0 Å². The van der Waals surface area contributed by atoms with Gasteiger partial charge < -0.3 is 19.3 Å². The summed E-state index contributed by atoms with van der Waals surface area (Å²) in [6.45, 7) is 4.59. The highest BCUT2D eigenvalue weighted by Gasteiger charge is 2.36. The Morgan fingerprint density at radius 3 is 1.42 bits per heavy atom. The van der Waals surface area contributed by atoms with Gasteiger partial charge in [-0.3, -0.25) is 0 Å². The highest BCUT2D eigenvalue weighted by Crippen LogP contribution is 2.49. The standard InChI is InChI=1S/C22H30N2O2/c1-22(2)18-9-14(23(3)4)11-20(25-7)16(18)13-17-19(22)10-15(24(5)6)12-21(17)26-8/h9-12H,13H2,1-8H3. The molecule has 2 aromatic rings. The molecule has 1 aliphatic rings. The van der Waals surface area contributed by atoms with Crippen LogP contribution in [0.25, 0.3) is 0 Å². The number of fused-ring (bicyclic) bond motifs is 2. The third-order valence-electron chi connectivity index (χ3n) is 5.56. The Morgan fingerprint density at radius 1 is 0.731 bits per heavy atom. The summed E-state index contributed by atoms with van der Waals surface area (Å²) in [7, 11) is 11.8. The zero-order chi connectivity index (χ0) is 19.2. The van der Waals surface area contributed by atoms with Crippen LogP contribution in [0.1, 0.15) is 36.1 Å². The van der Waals surface area contributed by atoms with Crippen molar-refractivity contribution in [2.45, 2.75) is 25.7 Å². The molecular weight excluding hydrogens is 324 g/mol. The SMILES string of the molecule is COc1cc(N(C)C)cc2c1Cc1c(OC)cc(N(C)C)cc1C2(C)C. The second kappa shape index (κ2) is 6.42. The van der Waals surface area contributed by atoms with Gasteiger partial charge in [0.2, 0.25) is 0 Å². The van der Waals surface area contributed by atoms with Crippen molar-refractivity contribution in [3.63, 3.8) is 0 Å². The van der Waals surface area contributed by atoms with Crippen molar-refractivity contribution in [2.75, 3.05) is 52.2 Å². The molecule has 0 N–H and O–H groups in total. The van der Waals surface area contributed by atoms with Gasteiger partial charge in [0.05, 0.1) is 14.2 Å². The number of hydrogen-bond donors (Lipinski definition) is 0. The van der Waals surface area contributed by atoms with Gasteiger partial charge >= 0.3 is 0 Å². The highest BCUT2D eigenvalue weighted by molar-refractivity contribution is 5.68. The van der Waals surface area contributed by atoms with Crippen molar-refractivity contribution in [1.82, 2.24) is 0 Å². The average molecular weight is 354 g/mol. The minimum absolute atomic E-state index is 0.137. The van der Waals surface area contributed by atoms with Crippen molar-refractivity contribution >= 4 is 11.4 Å². The molecule has 26 heavy (non-hydrogen) atoms. The molecule has 0 saturated heterocycles. The molecule has 0 spiro atoms. The van der Waals surface area contributed by atoms with E-state index >= 15 is 0 Å². The van der Waals surface area contributed by atoms with E-state index in [0.717, 1.165) is 29.3 Å². The van der Waals surface area contributed by atoms with Crippen LogP contribution in [0.4, 0.5) is 11.4 Å². The molecular formula is C22H30N2O2. The molecule has 0 heterocycles. The maximum absolute atomic E-state index is 5.77. The van der Waals surface area contributed by atoms with Crippen LogP contribution in [-0.2, 0) is 11.8 Å². The van der Waals surface area contributed by atoms with Crippen LogP contribution >= 0.6 is 0 Å². The number of nitrogens with zero attached hydrogens (tertiary/aromatic N) is 2. The van der Waals surface area contributed by atoms with Gasteiger partial charge in [0.25, 0.3) is 0 Å². The van der Waals surface area contributed by atoms with Gasteiger partial charge in [-0.25, -0.2) is 0 Å². The van der Waals surface area contributed by atoms with Crippen LogP contribution < -0.4 is 19.3 Å². The third kappa shape index (κ3) is 2.77. The van der Waals surface area contributed by atoms with Gasteiger partial charge in [-0.2, -0.15) is 0 Å². The Hall–Kier alpha value is -2.36. The predicted octanol–water partition coefficient (Wildman–Crippen LogP) is 4.07. The molecule has 140 valence electrons. The Balaban J connectivity index is 2.30. The maximum atomic E-state index is 5.77.